The number of aliphatic hydroxyl groups is 1. The Hall–Kier alpha value is -0.850. The summed E-state index contributed by atoms with van der Waals surface area (Å²) in [5.41, 5.74) is 7.95. The van der Waals surface area contributed by atoms with Gasteiger partial charge in [-0.3, -0.25) is 0 Å². The fraction of sp³-hybridized carbons (Fsp3) is 1.00. The lowest BCUT2D eigenvalue weighted by Crippen LogP contribution is -2.14. The van der Waals surface area contributed by atoms with Gasteiger partial charge in [-0.15, -0.1) is 0 Å². The third kappa shape index (κ3) is 13.2. The molecular formula is C8H17N3O4. The van der Waals surface area contributed by atoms with Crippen molar-refractivity contribution >= 4 is 0 Å². The SMILES string of the molecule is CC(O)OCCOCCOCCN=[N+]=[N-]. The zero-order valence-corrected chi connectivity index (χ0v) is 8.83. The Morgan fingerprint density at radius 2 is 1.80 bits per heavy atom. The molecule has 88 valence electrons. The average molecular weight is 219 g/mol. The smallest absolute Gasteiger partial charge is 0.151 e. The van der Waals surface area contributed by atoms with E-state index in [4.69, 9.17) is 24.8 Å². The number of ether oxygens (including phenoxy) is 3. The molecule has 7 nitrogen and oxygen atoms in total. The topological polar surface area (TPSA) is 96.7 Å². The molecule has 0 bridgehead atoms. The Balaban J connectivity index is 2.95. The van der Waals surface area contributed by atoms with E-state index in [2.05, 4.69) is 10.0 Å². The summed E-state index contributed by atoms with van der Waals surface area (Å²) in [5, 5.41) is 12.0. The molecule has 0 aliphatic carbocycles. The fourth-order valence-electron chi connectivity index (χ4n) is 0.750. The van der Waals surface area contributed by atoms with Crippen molar-refractivity contribution in [1.29, 1.82) is 0 Å². The van der Waals surface area contributed by atoms with E-state index >= 15 is 0 Å². The number of hydrogen-bond donors (Lipinski definition) is 1. The normalized spacial score (nSPS) is 12.1. The molecule has 0 spiro atoms. The van der Waals surface area contributed by atoms with E-state index < -0.39 is 6.29 Å². The van der Waals surface area contributed by atoms with Gasteiger partial charge in [-0.25, -0.2) is 0 Å². The highest BCUT2D eigenvalue weighted by Gasteiger charge is 1.94. The van der Waals surface area contributed by atoms with E-state index in [0.717, 1.165) is 0 Å². The Kier molecular flexibility index (Phi) is 10.6. The van der Waals surface area contributed by atoms with Gasteiger partial charge in [-0.1, -0.05) is 5.11 Å². The number of nitrogens with zero attached hydrogens (tertiary/aromatic N) is 3. The van der Waals surface area contributed by atoms with Gasteiger partial charge < -0.3 is 19.3 Å². The van der Waals surface area contributed by atoms with E-state index in [0.29, 0.717) is 39.6 Å². The quantitative estimate of drug-likeness (QED) is 0.192. The second-order valence-electron chi connectivity index (χ2n) is 2.65. The van der Waals surface area contributed by atoms with Crippen molar-refractivity contribution in [3.63, 3.8) is 0 Å². The zero-order valence-electron chi connectivity index (χ0n) is 8.83. The molecule has 0 aliphatic heterocycles. The van der Waals surface area contributed by atoms with E-state index in [-0.39, 0.29) is 0 Å². The van der Waals surface area contributed by atoms with E-state index in [1.165, 1.54) is 0 Å². The summed E-state index contributed by atoms with van der Waals surface area (Å²) in [6.45, 7) is 3.97. The van der Waals surface area contributed by atoms with Crippen LogP contribution in [0.15, 0.2) is 5.11 Å². The Morgan fingerprint density at radius 1 is 1.20 bits per heavy atom. The van der Waals surface area contributed by atoms with Gasteiger partial charge in [-0.05, 0) is 12.5 Å². The molecule has 0 saturated carbocycles. The summed E-state index contributed by atoms with van der Waals surface area (Å²) < 4.78 is 15.0. The summed E-state index contributed by atoms with van der Waals surface area (Å²) in [6.07, 6.45) is -0.756. The summed E-state index contributed by atoms with van der Waals surface area (Å²) in [7, 11) is 0. The molecule has 0 rings (SSSR count). The minimum Gasteiger partial charge on any atom is -0.379 e. The van der Waals surface area contributed by atoms with Crippen LogP contribution in [0.25, 0.3) is 10.4 Å². The van der Waals surface area contributed by atoms with Crippen molar-refractivity contribution in [3.8, 4) is 0 Å². The van der Waals surface area contributed by atoms with E-state index in [1.54, 1.807) is 6.92 Å². The molecule has 0 radical (unpaired) electrons. The van der Waals surface area contributed by atoms with Gasteiger partial charge in [0, 0.05) is 11.5 Å². The van der Waals surface area contributed by atoms with Crippen LogP contribution < -0.4 is 0 Å². The molecule has 1 unspecified atom stereocenters. The third-order valence-corrected chi connectivity index (χ3v) is 1.36. The summed E-state index contributed by atoms with van der Waals surface area (Å²) in [5.74, 6) is 0. The minimum absolute atomic E-state index is 0.335. The van der Waals surface area contributed by atoms with E-state index in [9.17, 15) is 0 Å². The van der Waals surface area contributed by atoms with Crippen LogP contribution in [0.2, 0.25) is 0 Å². The van der Waals surface area contributed by atoms with Crippen LogP contribution in [-0.2, 0) is 14.2 Å². The molecule has 15 heavy (non-hydrogen) atoms. The summed E-state index contributed by atoms with van der Waals surface area (Å²) >= 11 is 0. The molecule has 0 saturated heterocycles. The van der Waals surface area contributed by atoms with Crippen LogP contribution in [0.4, 0.5) is 0 Å². The lowest BCUT2D eigenvalue weighted by Gasteiger charge is -2.07. The molecule has 0 heterocycles. The second-order valence-corrected chi connectivity index (χ2v) is 2.65. The van der Waals surface area contributed by atoms with Gasteiger partial charge in [0.2, 0.25) is 0 Å². The first-order valence-electron chi connectivity index (χ1n) is 4.73. The molecular weight excluding hydrogens is 202 g/mol. The van der Waals surface area contributed by atoms with Gasteiger partial charge in [0.05, 0.1) is 33.0 Å². The van der Waals surface area contributed by atoms with Crippen LogP contribution in [0, 0.1) is 0 Å². The molecule has 1 N–H and O–H groups in total. The molecule has 1 atom stereocenters. The first-order valence-corrected chi connectivity index (χ1v) is 4.73. The van der Waals surface area contributed by atoms with Crippen molar-refractivity contribution < 1.29 is 19.3 Å². The third-order valence-electron chi connectivity index (χ3n) is 1.36. The van der Waals surface area contributed by atoms with Gasteiger partial charge in [0.1, 0.15) is 0 Å². The molecule has 7 heteroatoms. The van der Waals surface area contributed by atoms with Gasteiger partial charge >= 0.3 is 0 Å². The highest BCUT2D eigenvalue weighted by Crippen LogP contribution is 1.85. The standard InChI is InChI=1S/C8H17N3O4/c1-8(12)15-7-6-14-5-4-13-3-2-10-11-9/h8,12H,2-7H2,1H3. The molecule has 0 amide bonds. The number of rotatable bonds is 10. The summed E-state index contributed by atoms with van der Waals surface area (Å²) in [6, 6.07) is 0. The van der Waals surface area contributed by atoms with Crippen LogP contribution in [0.3, 0.4) is 0 Å². The van der Waals surface area contributed by atoms with Crippen molar-refractivity contribution in [1.82, 2.24) is 0 Å². The first-order chi connectivity index (χ1) is 7.27. The maximum Gasteiger partial charge on any atom is 0.151 e. The molecule has 0 aromatic rings. The van der Waals surface area contributed by atoms with Crippen LogP contribution >= 0.6 is 0 Å². The number of azide groups is 1. The molecule has 0 aliphatic rings. The Bertz CT molecular complexity index is 183. The Labute approximate surface area is 88.6 Å². The lowest BCUT2D eigenvalue weighted by atomic mass is 10.7. The van der Waals surface area contributed by atoms with Crippen molar-refractivity contribution in [2.45, 2.75) is 13.2 Å². The maximum atomic E-state index is 8.73. The zero-order chi connectivity index (χ0) is 11.4. The molecule has 0 aromatic heterocycles. The van der Waals surface area contributed by atoms with Gasteiger partial charge in [-0.2, -0.15) is 0 Å². The second kappa shape index (κ2) is 11.2. The predicted molar refractivity (Wildman–Crippen MR) is 53.3 cm³/mol. The minimum atomic E-state index is -0.756. The predicted octanol–water partition coefficient (Wildman–Crippen LogP) is 0.685. The monoisotopic (exact) mass is 219 g/mol. The first kappa shape index (κ1) is 14.2. The Morgan fingerprint density at radius 3 is 2.40 bits per heavy atom. The number of hydrogen-bond acceptors (Lipinski definition) is 5. The van der Waals surface area contributed by atoms with Crippen LogP contribution in [-0.4, -0.2) is 51.0 Å². The van der Waals surface area contributed by atoms with Crippen molar-refractivity contribution in [2.24, 2.45) is 5.11 Å². The number of aliphatic hydroxyl groups excluding tert-OH is 1. The van der Waals surface area contributed by atoms with E-state index in [1.807, 2.05) is 0 Å². The van der Waals surface area contributed by atoms with Crippen molar-refractivity contribution in [3.05, 3.63) is 10.4 Å². The highest BCUT2D eigenvalue weighted by atomic mass is 16.6. The maximum absolute atomic E-state index is 8.73. The molecule has 0 fully saturated rings. The highest BCUT2D eigenvalue weighted by molar-refractivity contribution is 4.44. The largest absolute Gasteiger partial charge is 0.379 e. The van der Waals surface area contributed by atoms with Gasteiger partial charge in [0.25, 0.3) is 0 Å². The average Bonchev–Trinajstić information content (AvgIpc) is 2.20. The summed E-state index contributed by atoms with van der Waals surface area (Å²) in [4.78, 5) is 2.58. The lowest BCUT2D eigenvalue weighted by molar-refractivity contribution is -0.101. The fourth-order valence-corrected chi connectivity index (χ4v) is 0.750. The van der Waals surface area contributed by atoms with Gasteiger partial charge in [0.15, 0.2) is 6.29 Å². The van der Waals surface area contributed by atoms with Crippen molar-refractivity contribution in [2.75, 3.05) is 39.6 Å². The van der Waals surface area contributed by atoms with Crippen LogP contribution in [0.5, 0.6) is 0 Å². The molecule has 0 aromatic carbocycles. The van der Waals surface area contributed by atoms with Crippen LogP contribution in [0.1, 0.15) is 6.92 Å².